The predicted molar refractivity (Wildman–Crippen MR) is 116 cm³/mol. The summed E-state index contributed by atoms with van der Waals surface area (Å²) in [7, 11) is 0. The Morgan fingerprint density at radius 2 is 1.90 bits per heavy atom. The number of aliphatic hydroxyl groups excluding tert-OH is 1. The Morgan fingerprint density at radius 1 is 1.10 bits per heavy atom. The molecule has 2 aromatic carbocycles. The SMILES string of the molecule is Cc1nnc(-c2cccc(OCC(O)CN3CCN(c4ccccc4Cl)CC3)c2)o1. The maximum absolute atomic E-state index is 10.4. The Kier molecular flexibility index (Phi) is 6.52. The first kappa shape index (κ1) is 20.7. The van der Waals surface area contributed by atoms with Crippen molar-refractivity contribution in [2.45, 2.75) is 13.0 Å². The van der Waals surface area contributed by atoms with E-state index in [0.29, 0.717) is 24.1 Å². The van der Waals surface area contributed by atoms with Crippen LogP contribution >= 0.6 is 11.6 Å². The molecule has 0 bridgehead atoms. The van der Waals surface area contributed by atoms with Gasteiger partial charge >= 0.3 is 0 Å². The summed E-state index contributed by atoms with van der Waals surface area (Å²) in [4.78, 5) is 4.53. The van der Waals surface area contributed by atoms with Gasteiger partial charge in [-0.1, -0.05) is 29.8 Å². The number of halogens is 1. The summed E-state index contributed by atoms with van der Waals surface area (Å²) in [6.45, 7) is 6.03. The molecule has 7 nitrogen and oxygen atoms in total. The summed E-state index contributed by atoms with van der Waals surface area (Å²) < 4.78 is 11.2. The predicted octanol–water partition coefficient (Wildman–Crippen LogP) is 3.26. The Hall–Kier alpha value is -2.61. The lowest BCUT2D eigenvalue weighted by atomic mass is 10.2. The molecule has 0 spiro atoms. The third-order valence-electron chi connectivity index (χ3n) is 5.08. The standard InChI is InChI=1S/C22H25ClN4O3/c1-16-24-25-22(30-16)17-5-4-6-19(13-17)29-15-18(28)14-26-9-11-27(12-10-26)21-8-3-2-7-20(21)23/h2-8,13,18,28H,9-12,14-15H2,1H3. The molecule has 0 saturated carbocycles. The van der Waals surface area contributed by atoms with Crippen LogP contribution in [0.1, 0.15) is 5.89 Å². The minimum atomic E-state index is -0.578. The van der Waals surface area contributed by atoms with Gasteiger partial charge in [-0.2, -0.15) is 0 Å². The van der Waals surface area contributed by atoms with Crippen LogP contribution in [0, 0.1) is 6.92 Å². The Morgan fingerprint density at radius 3 is 2.63 bits per heavy atom. The van der Waals surface area contributed by atoms with E-state index in [1.807, 2.05) is 48.5 Å². The van der Waals surface area contributed by atoms with Crippen molar-refractivity contribution in [2.75, 3.05) is 44.2 Å². The van der Waals surface area contributed by atoms with Crippen LogP contribution in [0.3, 0.4) is 0 Å². The van der Waals surface area contributed by atoms with Gasteiger partial charge in [0.15, 0.2) is 0 Å². The number of aromatic nitrogens is 2. The van der Waals surface area contributed by atoms with Crippen molar-refractivity contribution < 1.29 is 14.3 Å². The van der Waals surface area contributed by atoms with E-state index in [0.717, 1.165) is 42.5 Å². The number of hydrogen-bond acceptors (Lipinski definition) is 7. The van der Waals surface area contributed by atoms with Crippen molar-refractivity contribution in [1.82, 2.24) is 15.1 Å². The van der Waals surface area contributed by atoms with E-state index in [9.17, 15) is 5.11 Å². The second-order valence-electron chi connectivity index (χ2n) is 7.36. The number of hydrogen-bond donors (Lipinski definition) is 1. The summed E-state index contributed by atoms with van der Waals surface area (Å²) in [5.41, 5.74) is 1.86. The van der Waals surface area contributed by atoms with Gasteiger partial charge in [0.25, 0.3) is 0 Å². The van der Waals surface area contributed by atoms with Gasteiger partial charge in [0.2, 0.25) is 11.8 Å². The van der Waals surface area contributed by atoms with Crippen LogP contribution in [0.2, 0.25) is 5.02 Å². The lowest BCUT2D eigenvalue weighted by molar-refractivity contribution is 0.0663. The molecule has 3 aromatic rings. The third kappa shape index (κ3) is 5.11. The number of nitrogens with zero attached hydrogens (tertiary/aromatic N) is 4. The number of aryl methyl sites for hydroxylation is 1. The highest BCUT2D eigenvalue weighted by Gasteiger charge is 2.21. The number of piperazine rings is 1. The first-order valence-corrected chi connectivity index (χ1v) is 10.4. The number of rotatable bonds is 7. The van der Waals surface area contributed by atoms with Gasteiger partial charge in [-0.05, 0) is 30.3 Å². The summed E-state index contributed by atoms with van der Waals surface area (Å²) in [6, 6.07) is 15.3. The van der Waals surface area contributed by atoms with Gasteiger partial charge in [0, 0.05) is 45.2 Å². The Bertz CT molecular complexity index is 972. The third-order valence-corrected chi connectivity index (χ3v) is 5.40. The van der Waals surface area contributed by atoms with Crippen molar-refractivity contribution in [2.24, 2.45) is 0 Å². The second kappa shape index (κ2) is 9.47. The molecule has 8 heteroatoms. The second-order valence-corrected chi connectivity index (χ2v) is 7.77. The van der Waals surface area contributed by atoms with Crippen molar-refractivity contribution in [3.8, 4) is 17.2 Å². The largest absolute Gasteiger partial charge is 0.491 e. The minimum Gasteiger partial charge on any atom is -0.491 e. The molecule has 1 saturated heterocycles. The molecule has 1 N–H and O–H groups in total. The van der Waals surface area contributed by atoms with Crippen molar-refractivity contribution in [3.05, 3.63) is 59.4 Å². The van der Waals surface area contributed by atoms with Crippen molar-refractivity contribution in [3.63, 3.8) is 0 Å². The van der Waals surface area contributed by atoms with E-state index >= 15 is 0 Å². The normalized spacial score (nSPS) is 15.9. The van der Waals surface area contributed by atoms with Crippen LogP contribution in [-0.4, -0.2) is 65.6 Å². The summed E-state index contributed by atoms with van der Waals surface area (Å²) in [6.07, 6.45) is -0.578. The average molecular weight is 429 g/mol. The molecule has 1 aliphatic rings. The zero-order valence-corrected chi connectivity index (χ0v) is 17.6. The minimum absolute atomic E-state index is 0.219. The highest BCUT2D eigenvalue weighted by atomic mass is 35.5. The Balaban J connectivity index is 1.25. The number of benzene rings is 2. The molecule has 1 atom stereocenters. The number of para-hydroxylation sites is 1. The Labute approximate surface area is 180 Å². The van der Waals surface area contributed by atoms with Crippen LogP contribution in [0.4, 0.5) is 5.69 Å². The molecule has 1 unspecified atom stereocenters. The van der Waals surface area contributed by atoms with E-state index in [1.54, 1.807) is 6.92 Å². The zero-order chi connectivity index (χ0) is 20.9. The molecule has 30 heavy (non-hydrogen) atoms. The highest BCUT2D eigenvalue weighted by molar-refractivity contribution is 6.33. The van der Waals surface area contributed by atoms with Crippen LogP contribution in [-0.2, 0) is 0 Å². The van der Waals surface area contributed by atoms with E-state index in [1.165, 1.54) is 0 Å². The van der Waals surface area contributed by atoms with Gasteiger partial charge in [0.05, 0.1) is 10.7 Å². The monoisotopic (exact) mass is 428 g/mol. The fourth-order valence-electron chi connectivity index (χ4n) is 3.55. The highest BCUT2D eigenvalue weighted by Crippen LogP contribution is 2.26. The quantitative estimate of drug-likeness (QED) is 0.619. The molecule has 1 aliphatic heterocycles. The van der Waals surface area contributed by atoms with Crippen LogP contribution in [0.25, 0.3) is 11.5 Å². The maximum atomic E-state index is 10.4. The van der Waals surface area contributed by atoms with Gasteiger partial charge in [-0.25, -0.2) is 0 Å². The van der Waals surface area contributed by atoms with E-state index in [4.69, 9.17) is 20.8 Å². The van der Waals surface area contributed by atoms with Crippen molar-refractivity contribution in [1.29, 1.82) is 0 Å². The van der Waals surface area contributed by atoms with Gasteiger partial charge in [0.1, 0.15) is 18.5 Å². The summed E-state index contributed by atoms with van der Waals surface area (Å²) in [5.74, 6) is 1.63. The van der Waals surface area contributed by atoms with Gasteiger partial charge < -0.3 is 19.2 Å². The smallest absolute Gasteiger partial charge is 0.247 e. The van der Waals surface area contributed by atoms with Gasteiger partial charge in [-0.15, -0.1) is 10.2 Å². The van der Waals surface area contributed by atoms with E-state index in [2.05, 4.69) is 20.0 Å². The average Bonchev–Trinajstić information content (AvgIpc) is 3.20. The van der Waals surface area contributed by atoms with Gasteiger partial charge in [-0.3, -0.25) is 4.90 Å². The van der Waals surface area contributed by atoms with Crippen LogP contribution in [0.5, 0.6) is 5.75 Å². The molecular formula is C22H25ClN4O3. The first-order valence-electron chi connectivity index (χ1n) is 10.0. The molecule has 0 aliphatic carbocycles. The van der Waals surface area contributed by atoms with Crippen molar-refractivity contribution >= 4 is 17.3 Å². The van der Waals surface area contributed by atoms with E-state index < -0.39 is 6.10 Å². The molecule has 158 valence electrons. The fraction of sp³-hybridized carbons (Fsp3) is 0.364. The molecule has 4 rings (SSSR count). The molecule has 0 radical (unpaired) electrons. The fourth-order valence-corrected chi connectivity index (χ4v) is 3.81. The zero-order valence-electron chi connectivity index (χ0n) is 16.9. The molecule has 1 aromatic heterocycles. The molecular weight excluding hydrogens is 404 g/mol. The van der Waals surface area contributed by atoms with Crippen LogP contribution < -0.4 is 9.64 Å². The summed E-state index contributed by atoms with van der Waals surface area (Å²) >= 11 is 6.30. The summed E-state index contributed by atoms with van der Waals surface area (Å²) in [5, 5.41) is 19.1. The topological polar surface area (TPSA) is 74.9 Å². The lowest BCUT2D eigenvalue weighted by Gasteiger charge is -2.37. The number of ether oxygens (including phenoxy) is 1. The number of β-amino-alcohol motifs (C(OH)–C–C–N with tert-alkyl or cyclic N) is 1. The maximum Gasteiger partial charge on any atom is 0.247 e. The molecule has 1 fully saturated rings. The molecule has 2 heterocycles. The molecule has 0 amide bonds. The first-order chi connectivity index (χ1) is 14.6. The number of anilines is 1. The van der Waals surface area contributed by atoms with E-state index in [-0.39, 0.29) is 6.61 Å². The van der Waals surface area contributed by atoms with Crippen LogP contribution in [0.15, 0.2) is 52.9 Å². The lowest BCUT2D eigenvalue weighted by Crippen LogP contribution is -2.49. The number of aliphatic hydroxyl groups is 1.